The van der Waals surface area contributed by atoms with Crippen molar-refractivity contribution in [2.75, 3.05) is 41.6 Å². The van der Waals surface area contributed by atoms with Gasteiger partial charge in [-0.15, -0.1) is 0 Å². The summed E-state index contributed by atoms with van der Waals surface area (Å²) in [5.74, 6) is -0.458. The van der Waals surface area contributed by atoms with Crippen LogP contribution in [0.15, 0.2) is 48.5 Å². The molecule has 2 N–H and O–H groups in total. The molecule has 1 fully saturated rings. The molecular formula is C22H29N3O4S. The maximum atomic E-state index is 12.3. The Hall–Kier alpha value is -2.74. The molecule has 30 heavy (non-hydrogen) atoms. The molecule has 1 aliphatic heterocycles. The monoisotopic (exact) mass is 431 g/mol. The summed E-state index contributed by atoms with van der Waals surface area (Å²) in [6, 6.07) is 14.9. The topological polar surface area (TPSA) is 87.7 Å². The van der Waals surface area contributed by atoms with E-state index in [0.29, 0.717) is 5.69 Å². The van der Waals surface area contributed by atoms with Gasteiger partial charge in [-0.3, -0.25) is 9.52 Å². The van der Waals surface area contributed by atoms with Gasteiger partial charge >= 0.3 is 0 Å². The lowest BCUT2D eigenvalue weighted by Crippen LogP contribution is -2.35. The minimum absolute atomic E-state index is 0.229. The number of nitrogens with zero attached hydrogens (tertiary/aromatic N) is 1. The Morgan fingerprint density at radius 1 is 1.03 bits per heavy atom. The first-order valence-electron chi connectivity index (χ1n) is 10.2. The SMILES string of the molecule is Cc1ccccc1OCCNC(=O)CS(=O)(=O)Nc1ccc(N2CCCCC2)cc1. The number of amides is 1. The first-order valence-corrected chi connectivity index (χ1v) is 11.9. The molecule has 0 atom stereocenters. The number of para-hydroxylation sites is 1. The predicted molar refractivity (Wildman–Crippen MR) is 120 cm³/mol. The predicted octanol–water partition coefficient (Wildman–Crippen LogP) is 2.92. The number of aryl methyl sites for hydroxylation is 1. The first kappa shape index (κ1) is 22.0. The Kier molecular flexibility index (Phi) is 7.57. The van der Waals surface area contributed by atoms with Crippen LogP contribution < -0.4 is 19.7 Å². The molecule has 0 bridgehead atoms. The Balaban J connectivity index is 1.42. The van der Waals surface area contributed by atoms with E-state index in [4.69, 9.17) is 4.74 Å². The highest BCUT2D eigenvalue weighted by Crippen LogP contribution is 2.22. The molecule has 1 aliphatic rings. The van der Waals surface area contributed by atoms with Gasteiger partial charge in [-0.1, -0.05) is 18.2 Å². The first-order chi connectivity index (χ1) is 14.4. The normalized spacial score (nSPS) is 14.2. The van der Waals surface area contributed by atoms with Crippen molar-refractivity contribution in [2.24, 2.45) is 0 Å². The van der Waals surface area contributed by atoms with E-state index in [0.717, 1.165) is 30.1 Å². The van der Waals surface area contributed by atoms with E-state index < -0.39 is 21.7 Å². The minimum Gasteiger partial charge on any atom is -0.491 e. The van der Waals surface area contributed by atoms with E-state index in [2.05, 4.69) is 14.9 Å². The van der Waals surface area contributed by atoms with Crippen molar-refractivity contribution in [3.8, 4) is 5.75 Å². The van der Waals surface area contributed by atoms with Gasteiger partial charge in [0.15, 0.2) is 0 Å². The lowest BCUT2D eigenvalue weighted by Gasteiger charge is -2.28. The van der Waals surface area contributed by atoms with Crippen LogP contribution in [0, 0.1) is 6.92 Å². The van der Waals surface area contributed by atoms with Crippen LogP contribution in [-0.2, 0) is 14.8 Å². The van der Waals surface area contributed by atoms with Crippen molar-refractivity contribution < 1.29 is 17.9 Å². The molecular weight excluding hydrogens is 402 g/mol. The largest absolute Gasteiger partial charge is 0.491 e. The van der Waals surface area contributed by atoms with Crippen LogP contribution in [0.4, 0.5) is 11.4 Å². The number of anilines is 2. The average Bonchev–Trinajstić information content (AvgIpc) is 2.73. The summed E-state index contributed by atoms with van der Waals surface area (Å²) in [6.07, 6.45) is 3.62. The summed E-state index contributed by atoms with van der Waals surface area (Å²) in [6.45, 7) is 4.48. The molecule has 0 aromatic heterocycles. The number of carbonyl (C=O) groups is 1. The van der Waals surface area contributed by atoms with Gasteiger partial charge in [0.1, 0.15) is 18.1 Å². The molecule has 3 rings (SSSR count). The van der Waals surface area contributed by atoms with Crippen molar-refractivity contribution in [3.05, 3.63) is 54.1 Å². The molecule has 7 nitrogen and oxygen atoms in total. The van der Waals surface area contributed by atoms with Crippen molar-refractivity contribution in [2.45, 2.75) is 26.2 Å². The highest BCUT2D eigenvalue weighted by Gasteiger charge is 2.17. The molecule has 1 amide bonds. The summed E-state index contributed by atoms with van der Waals surface area (Å²) in [4.78, 5) is 14.3. The molecule has 2 aromatic carbocycles. The summed E-state index contributed by atoms with van der Waals surface area (Å²) in [7, 11) is -3.78. The van der Waals surface area contributed by atoms with Crippen LogP contribution in [0.5, 0.6) is 5.75 Å². The van der Waals surface area contributed by atoms with Crippen molar-refractivity contribution in [1.29, 1.82) is 0 Å². The smallest absolute Gasteiger partial charge is 0.241 e. The number of nitrogens with one attached hydrogen (secondary N) is 2. The molecule has 2 aromatic rings. The van der Waals surface area contributed by atoms with Crippen LogP contribution in [0.2, 0.25) is 0 Å². The molecule has 1 saturated heterocycles. The molecule has 0 spiro atoms. The lowest BCUT2D eigenvalue weighted by atomic mass is 10.1. The Labute approximate surface area is 178 Å². The van der Waals surface area contributed by atoms with Gasteiger partial charge in [0.2, 0.25) is 15.9 Å². The van der Waals surface area contributed by atoms with Gasteiger partial charge in [0.05, 0.1) is 6.54 Å². The maximum absolute atomic E-state index is 12.3. The van der Waals surface area contributed by atoms with Crippen LogP contribution >= 0.6 is 0 Å². The number of sulfonamides is 1. The number of rotatable bonds is 9. The Morgan fingerprint density at radius 3 is 2.43 bits per heavy atom. The molecule has 0 aliphatic carbocycles. The Morgan fingerprint density at radius 2 is 1.73 bits per heavy atom. The second-order valence-corrected chi connectivity index (χ2v) is 9.14. The van der Waals surface area contributed by atoms with Crippen LogP contribution in [0.25, 0.3) is 0 Å². The third-order valence-electron chi connectivity index (χ3n) is 4.96. The number of carbonyl (C=O) groups excluding carboxylic acids is 1. The highest BCUT2D eigenvalue weighted by atomic mass is 32.2. The number of piperidine rings is 1. The second-order valence-electron chi connectivity index (χ2n) is 7.42. The third kappa shape index (κ3) is 6.66. The van der Waals surface area contributed by atoms with E-state index in [1.54, 1.807) is 12.1 Å². The molecule has 1 heterocycles. The Bertz CT molecular complexity index is 939. The fraction of sp³-hybridized carbons (Fsp3) is 0.409. The summed E-state index contributed by atoms with van der Waals surface area (Å²) < 4.78 is 32.6. The van der Waals surface area contributed by atoms with E-state index >= 15 is 0 Å². The van der Waals surface area contributed by atoms with Crippen LogP contribution in [0.1, 0.15) is 24.8 Å². The van der Waals surface area contributed by atoms with Crippen LogP contribution in [0.3, 0.4) is 0 Å². The summed E-state index contributed by atoms with van der Waals surface area (Å²) in [5.41, 5.74) is 2.54. The molecule has 162 valence electrons. The van der Waals surface area contributed by atoms with E-state index in [1.807, 2.05) is 43.3 Å². The fourth-order valence-corrected chi connectivity index (χ4v) is 4.42. The van der Waals surface area contributed by atoms with E-state index in [9.17, 15) is 13.2 Å². The second kappa shape index (κ2) is 10.3. The molecule has 8 heteroatoms. The molecule has 0 saturated carbocycles. The van der Waals surface area contributed by atoms with Gasteiger partial charge in [-0.05, 0) is 62.1 Å². The van der Waals surface area contributed by atoms with E-state index in [1.165, 1.54) is 19.3 Å². The van der Waals surface area contributed by atoms with Crippen molar-refractivity contribution >= 4 is 27.3 Å². The number of benzene rings is 2. The third-order valence-corrected chi connectivity index (χ3v) is 6.15. The quantitative estimate of drug-likeness (QED) is 0.596. The lowest BCUT2D eigenvalue weighted by molar-refractivity contribution is -0.118. The number of ether oxygens (including phenoxy) is 1. The van der Waals surface area contributed by atoms with Crippen LogP contribution in [-0.4, -0.2) is 46.3 Å². The zero-order valence-corrected chi connectivity index (χ0v) is 18.1. The summed E-state index contributed by atoms with van der Waals surface area (Å²) >= 11 is 0. The standard InChI is InChI=1S/C22H29N3O4S/c1-18-7-3-4-8-21(18)29-16-13-23-22(26)17-30(27,28)24-19-9-11-20(12-10-19)25-14-5-2-6-15-25/h3-4,7-12,24H,2,5-6,13-17H2,1H3,(H,23,26). The van der Waals surface area contributed by atoms with Crippen molar-refractivity contribution in [1.82, 2.24) is 5.32 Å². The minimum atomic E-state index is -3.78. The number of hydrogen-bond donors (Lipinski definition) is 2. The fourth-order valence-electron chi connectivity index (χ4n) is 3.40. The summed E-state index contributed by atoms with van der Waals surface area (Å²) in [5, 5.41) is 2.58. The highest BCUT2D eigenvalue weighted by molar-refractivity contribution is 7.93. The zero-order valence-electron chi connectivity index (χ0n) is 17.3. The molecule has 0 radical (unpaired) electrons. The van der Waals surface area contributed by atoms with Gasteiger partial charge in [-0.25, -0.2) is 8.42 Å². The van der Waals surface area contributed by atoms with Gasteiger partial charge in [0.25, 0.3) is 0 Å². The number of hydrogen-bond acceptors (Lipinski definition) is 5. The molecule has 0 unspecified atom stereocenters. The average molecular weight is 432 g/mol. The van der Waals surface area contributed by atoms with Gasteiger partial charge in [-0.2, -0.15) is 0 Å². The zero-order chi connectivity index (χ0) is 21.4. The van der Waals surface area contributed by atoms with Crippen molar-refractivity contribution in [3.63, 3.8) is 0 Å². The van der Waals surface area contributed by atoms with Gasteiger partial charge in [0, 0.05) is 24.5 Å². The van der Waals surface area contributed by atoms with E-state index in [-0.39, 0.29) is 13.2 Å². The maximum Gasteiger partial charge on any atom is 0.241 e. The van der Waals surface area contributed by atoms with Gasteiger partial charge < -0.3 is 15.0 Å².